The van der Waals surface area contributed by atoms with E-state index in [2.05, 4.69) is 83.1 Å². The standard InChI is InChI=1S/C43H52N4O5/c1-7-24-15-23-20-43(42(49)52-6)39-27(13-14-47(21-23)40(24)43)29-19-36(50-4)30(17-34(29)45-39)31-16-28-25(8-2)22-46(3)35(37(28)41(48)51-5)18-32-26-11-9-10-12-33(26)44-38(31)32/h8-12,17,19,23-24,28,31,35,37,40,44-45H,7,13-16,18,20-22H2,1-6H3/b25-8+/t23?,24-,28-,31-,35-,37+,40-,43+/m1/s1. The van der Waals surface area contributed by atoms with E-state index in [4.69, 9.17) is 14.2 Å². The van der Waals surface area contributed by atoms with Gasteiger partial charge in [-0.1, -0.05) is 43.2 Å². The lowest BCUT2D eigenvalue weighted by Gasteiger charge is -2.57. The summed E-state index contributed by atoms with van der Waals surface area (Å²) in [5, 5.41) is 2.32. The number of likely N-dealkylation sites (tertiary alicyclic amines) is 1. The number of aromatic amines is 2. The van der Waals surface area contributed by atoms with Crippen LogP contribution < -0.4 is 4.74 Å². The number of esters is 2. The first-order chi connectivity index (χ1) is 25.3. The number of aromatic nitrogens is 2. The van der Waals surface area contributed by atoms with Crippen LogP contribution in [0.3, 0.4) is 0 Å². The van der Waals surface area contributed by atoms with E-state index < -0.39 is 5.41 Å². The van der Waals surface area contributed by atoms with Crippen LogP contribution in [-0.4, -0.2) is 91.8 Å². The lowest BCUT2D eigenvalue weighted by molar-refractivity contribution is -0.162. The van der Waals surface area contributed by atoms with Gasteiger partial charge in [-0.05, 0) is 93.2 Å². The molecule has 274 valence electrons. The number of fused-ring (bicyclic) bond motifs is 9. The third-order valence-electron chi connectivity index (χ3n) is 14.1. The molecule has 1 saturated carbocycles. The number of H-pyrrole nitrogens is 2. The minimum atomic E-state index is -0.725. The molecule has 4 aromatic rings. The molecule has 6 heterocycles. The number of benzene rings is 2. The zero-order chi connectivity index (χ0) is 36.1. The average molecular weight is 705 g/mol. The van der Waals surface area contributed by atoms with Crippen LogP contribution in [0.5, 0.6) is 5.75 Å². The van der Waals surface area contributed by atoms with E-state index in [0.717, 1.165) is 85.2 Å². The highest BCUT2D eigenvalue weighted by Crippen LogP contribution is 2.56. The maximum atomic E-state index is 14.2. The Morgan fingerprint density at radius 3 is 2.60 bits per heavy atom. The number of nitrogens with zero attached hydrogens (tertiary/aromatic N) is 2. The summed E-state index contributed by atoms with van der Waals surface area (Å²) in [5.74, 6) is 1.11. The van der Waals surface area contributed by atoms with Gasteiger partial charge in [-0.15, -0.1) is 0 Å². The number of para-hydroxylation sites is 1. The molecular weight excluding hydrogens is 652 g/mol. The second-order valence-corrected chi connectivity index (χ2v) is 16.3. The fraction of sp³-hybridized carbons (Fsp3) is 0.535. The summed E-state index contributed by atoms with van der Waals surface area (Å²) in [5.41, 5.74) is 8.48. The van der Waals surface area contributed by atoms with E-state index in [1.54, 1.807) is 14.2 Å². The molecule has 2 aromatic carbocycles. The first kappa shape index (κ1) is 33.7. The number of carbonyl (C=O) groups excluding carboxylic acids is 2. The van der Waals surface area contributed by atoms with Gasteiger partial charge in [-0.2, -0.15) is 0 Å². The van der Waals surface area contributed by atoms with Crippen molar-refractivity contribution in [1.29, 1.82) is 0 Å². The molecule has 2 unspecified atom stereocenters. The van der Waals surface area contributed by atoms with Crippen LogP contribution in [0.1, 0.15) is 73.5 Å². The van der Waals surface area contributed by atoms with E-state index in [1.807, 2.05) is 0 Å². The van der Waals surface area contributed by atoms with Gasteiger partial charge >= 0.3 is 11.9 Å². The van der Waals surface area contributed by atoms with Crippen molar-refractivity contribution in [2.75, 3.05) is 48.0 Å². The largest absolute Gasteiger partial charge is 0.496 e. The molecule has 2 aromatic heterocycles. The van der Waals surface area contributed by atoms with Gasteiger partial charge in [0.1, 0.15) is 11.2 Å². The van der Waals surface area contributed by atoms with E-state index in [9.17, 15) is 9.59 Å². The third-order valence-corrected chi connectivity index (χ3v) is 14.1. The molecule has 2 aliphatic carbocycles. The van der Waals surface area contributed by atoms with Crippen LogP contribution in [0, 0.1) is 23.7 Å². The van der Waals surface area contributed by atoms with Gasteiger partial charge in [0.2, 0.25) is 0 Å². The van der Waals surface area contributed by atoms with Gasteiger partial charge in [0, 0.05) is 76.4 Å². The summed E-state index contributed by atoms with van der Waals surface area (Å²) in [6.07, 6.45) is 7.59. The Hall–Kier alpha value is -4.08. The SMILES string of the molecule is C/C=C1\CN(C)[C@@H]2Cc3c([nH]c4ccccc34)[C@@H](c3cc4[nH]c5c(c4cc3OC)CCN3CC4C[C@@H](CC)[C@@H]3[C@]5(C(=O)OC)C4)C[C@H]1[C@@H]2C(=O)OC. The smallest absolute Gasteiger partial charge is 0.319 e. The topological polar surface area (TPSA) is 99.9 Å². The highest BCUT2D eigenvalue weighted by molar-refractivity contribution is 5.93. The van der Waals surface area contributed by atoms with Crippen molar-refractivity contribution in [2.45, 2.75) is 75.8 Å². The minimum absolute atomic E-state index is 0.00122. The highest BCUT2D eigenvalue weighted by Gasteiger charge is 2.62. The third kappa shape index (κ3) is 4.67. The van der Waals surface area contributed by atoms with Crippen molar-refractivity contribution in [3.05, 3.63) is 76.1 Å². The monoisotopic (exact) mass is 704 g/mol. The maximum absolute atomic E-state index is 14.2. The summed E-state index contributed by atoms with van der Waals surface area (Å²) >= 11 is 0. The molecule has 6 aliphatic rings. The molecule has 0 spiro atoms. The average Bonchev–Trinajstić information content (AvgIpc) is 3.69. The molecule has 4 fully saturated rings. The van der Waals surface area contributed by atoms with Crippen molar-refractivity contribution in [1.82, 2.24) is 19.8 Å². The zero-order valence-corrected chi connectivity index (χ0v) is 31.4. The summed E-state index contributed by atoms with van der Waals surface area (Å²) in [6, 6.07) is 13.2. The Balaban J connectivity index is 1.27. The summed E-state index contributed by atoms with van der Waals surface area (Å²) in [7, 11) is 6.99. The number of ether oxygens (including phenoxy) is 3. The number of nitrogens with one attached hydrogen (secondary N) is 2. The van der Waals surface area contributed by atoms with E-state index >= 15 is 0 Å². The Morgan fingerprint density at radius 2 is 1.85 bits per heavy atom. The second kappa shape index (κ2) is 12.5. The molecule has 2 N–H and O–H groups in total. The normalized spacial score (nSPS) is 33.2. The van der Waals surface area contributed by atoms with Gasteiger partial charge in [-0.25, -0.2) is 0 Å². The predicted octanol–water partition coefficient (Wildman–Crippen LogP) is 6.49. The predicted molar refractivity (Wildman–Crippen MR) is 202 cm³/mol. The molecule has 9 heteroatoms. The highest BCUT2D eigenvalue weighted by atomic mass is 16.5. The van der Waals surface area contributed by atoms with Crippen molar-refractivity contribution < 1.29 is 23.8 Å². The second-order valence-electron chi connectivity index (χ2n) is 16.3. The van der Waals surface area contributed by atoms with Crippen LogP contribution in [0.25, 0.3) is 21.8 Å². The van der Waals surface area contributed by atoms with E-state index in [1.165, 1.54) is 41.3 Å². The lowest BCUT2D eigenvalue weighted by atomic mass is 9.56. The molecular formula is C43H52N4O5. The van der Waals surface area contributed by atoms with Crippen molar-refractivity contribution in [2.24, 2.45) is 23.7 Å². The number of hydrogen-bond acceptors (Lipinski definition) is 7. The lowest BCUT2D eigenvalue weighted by Crippen LogP contribution is -2.67. The summed E-state index contributed by atoms with van der Waals surface area (Å²) < 4.78 is 17.6. The number of likely N-dealkylation sites (N-methyl/N-ethyl adjacent to an activating group) is 1. The molecule has 0 radical (unpaired) electrons. The number of allylic oxidation sites excluding steroid dienone is 1. The maximum Gasteiger partial charge on any atom is 0.319 e. The Kier molecular flexibility index (Phi) is 8.12. The van der Waals surface area contributed by atoms with Gasteiger partial charge in [0.05, 0.1) is 27.2 Å². The number of rotatable bonds is 5. The van der Waals surface area contributed by atoms with Crippen molar-refractivity contribution in [3.8, 4) is 5.75 Å². The van der Waals surface area contributed by atoms with Crippen LogP contribution in [0.15, 0.2) is 48.0 Å². The Bertz CT molecular complexity index is 2110. The van der Waals surface area contributed by atoms with Gasteiger partial charge in [0.25, 0.3) is 0 Å². The molecule has 4 aliphatic heterocycles. The van der Waals surface area contributed by atoms with Gasteiger partial charge < -0.3 is 24.2 Å². The van der Waals surface area contributed by atoms with Crippen LogP contribution >= 0.6 is 0 Å². The molecule has 6 bridgehead atoms. The van der Waals surface area contributed by atoms with E-state index in [0.29, 0.717) is 11.8 Å². The molecule has 9 nitrogen and oxygen atoms in total. The minimum Gasteiger partial charge on any atom is -0.496 e. The first-order valence-electron chi connectivity index (χ1n) is 19.3. The summed E-state index contributed by atoms with van der Waals surface area (Å²) in [4.78, 5) is 40.8. The number of hydrogen-bond donors (Lipinski definition) is 2. The number of methoxy groups -OCH3 is 3. The fourth-order valence-electron chi connectivity index (χ4n) is 12.1. The molecule has 52 heavy (non-hydrogen) atoms. The molecule has 0 amide bonds. The zero-order valence-electron chi connectivity index (χ0n) is 31.4. The van der Waals surface area contributed by atoms with Crippen molar-refractivity contribution in [3.63, 3.8) is 0 Å². The number of carbonyl (C=O) groups is 2. The van der Waals surface area contributed by atoms with Gasteiger partial charge in [-0.3, -0.25) is 19.4 Å². The fourth-order valence-corrected chi connectivity index (χ4v) is 12.1. The molecule has 3 saturated heterocycles. The van der Waals surface area contributed by atoms with Crippen LogP contribution in [-0.2, 0) is 37.3 Å². The molecule has 10 rings (SSSR count). The van der Waals surface area contributed by atoms with Crippen LogP contribution in [0.2, 0.25) is 0 Å². The Labute approximate surface area is 306 Å². The quantitative estimate of drug-likeness (QED) is 0.181. The van der Waals surface area contributed by atoms with E-state index in [-0.39, 0.29) is 41.8 Å². The van der Waals surface area contributed by atoms with Gasteiger partial charge in [0.15, 0.2) is 0 Å². The Morgan fingerprint density at radius 1 is 1.02 bits per heavy atom. The molecule has 9 atom stereocenters. The van der Waals surface area contributed by atoms with Crippen LogP contribution in [0.4, 0.5) is 0 Å². The van der Waals surface area contributed by atoms with Crippen molar-refractivity contribution >= 4 is 33.7 Å². The number of piperidine rings is 3. The first-order valence-corrected chi connectivity index (χ1v) is 19.3. The summed E-state index contributed by atoms with van der Waals surface area (Å²) in [6.45, 7) is 7.17.